The standard InChI is InChI=1S/C33H35N3O2/c1-5-25-14-10-12-23(2)33(25)36(24(3)22-38-4)32(37)21-35-30-19-9-8-18-29(30)34-31(35)20-27-16-11-15-26-13-6-7-17-28(26)27/h6-19,24H,5,20-22H2,1-4H3. The highest BCUT2D eigenvalue weighted by Gasteiger charge is 2.27. The molecule has 5 heteroatoms. The van der Waals surface area contributed by atoms with E-state index >= 15 is 0 Å². The highest BCUT2D eigenvalue weighted by Crippen LogP contribution is 2.29. The number of methoxy groups -OCH3 is 1. The summed E-state index contributed by atoms with van der Waals surface area (Å²) in [5.74, 6) is 0.914. The highest BCUT2D eigenvalue weighted by molar-refractivity contribution is 5.96. The van der Waals surface area contributed by atoms with Crippen molar-refractivity contribution in [3.8, 4) is 0 Å². The lowest BCUT2D eigenvalue weighted by molar-refractivity contribution is -0.119. The van der Waals surface area contributed by atoms with Crippen molar-refractivity contribution < 1.29 is 9.53 Å². The molecule has 5 aromatic rings. The zero-order valence-corrected chi connectivity index (χ0v) is 22.6. The number of amides is 1. The van der Waals surface area contributed by atoms with E-state index in [1.165, 1.54) is 16.3 Å². The largest absolute Gasteiger partial charge is 0.383 e. The second kappa shape index (κ2) is 11.2. The van der Waals surface area contributed by atoms with Crippen LogP contribution in [0.2, 0.25) is 0 Å². The van der Waals surface area contributed by atoms with Crippen LogP contribution in [-0.4, -0.2) is 35.2 Å². The number of benzene rings is 4. The lowest BCUT2D eigenvalue weighted by Gasteiger charge is -2.32. The van der Waals surface area contributed by atoms with Crippen molar-refractivity contribution in [3.05, 3.63) is 107 Å². The van der Waals surface area contributed by atoms with E-state index in [9.17, 15) is 4.79 Å². The van der Waals surface area contributed by atoms with Crippen molar-refractivity contribution in [2.24, 2.45) is 0 Å². The molecule has 0 saturated heterocycles. The van der Waals surface area contributed by atoms with Gasteiger partial charge in [-0.1, -0.05) is 79.7 Å². The van der Waals surface area contributed by atoms with Gasteiger partial charge >= 0.3 is 0 Å². The maximum atomic E-state index is 14.2. The average molecular weight is 506 g/mol. The van der Waals surface area contributed by atoms with Gasteiger partial charge in [-0.2, -0.15) is 0 Å². The third kappa shape index (κ3) is 4.94. The van der Waals surface area contributed by atoms with E-state index in [-0.39, 0.29) is 18.5 Å². The van der Waals surface area contributed by atoms with Gasteiger partial charge < -0.3 is 14.2 Å². The Kier molecular flexibility index (Phi) is 7.57. The summed E-state index contributed by atoms with van der Waals surface area (Å²) in [7, 11) is 1.68. The monoisotopic (exact) mass is 505 g/mol. The van der Waals surface area contributed by atoms with Crippen LogP contribution in [0.3, 0.4) is 0 Å². The maximum absolute atomic E-state index is 14.2. The smallest absolute Gasteiger partial charge is 0.247 e. The molecule has 0 aliphatic carbocycles. The van der Waals surface area contributed by atoms with E-state index in [4.69, 9.17) is 9.72 Å². The van der Waals surface area contributed by atoms with Gasteiger partial charge in [-0.25, -0.2) is 4.98 Å². The number of aryl methyl sites for hydroxylation is 2. The molecule has 5 nitrogen and oxygen atoms in total. The summed E-state index contributed by atoms with van der Waals surface area (Å²) >= 11 is 0. The van der Waals surface area contributed by atoms with Gasteiger partial charge in [0.2, 0.25) is 5.91 Å². The molecular weight excluding hydrogens is 470 g/mol. The first-order valence-electron chi connectivity index (χ1n) is 13.3. The van der Waals surface area contributed by atoms with E-state index in [1.54, 1.807) is 7.11 Å². The summed E-state index contributed by atoms with van der Waals surface area (Å²) in [6, 6.07) is 29.0. The molecule has 0 bridgehead atoms. The first-order valence-corrected chi connectivity index (χ1v) is 13.3. The lowest BCUT2D eigenvalue weighted by atomic mass is 10.0. The van der Waals surface area contributed by atoms with Crippen molar-refractivity contribution in [1.82, 2.24) is 9.55 Å². The number of hydrogen-bond donors (Lipinski definition) is 0. The molecule has 194 valence electrons. The Labute approximate surface area is 224 Å². The van der Waals surface area contributed by atoms with Crippen LogP contribution in [0.15, 0.2) is 84.9 Å². The Morgan fingerprint density at radius 3 is 2.47 bits per heavy atom. The molecule has 1 heterocycles. The van der Waals surface area contributed by atoms with Crippen molar-refractivity contribution >= 4 is 33.4 Å². The predicted molar refractivity (Wildman–Crippen MR) is 156 cm³/mol. The molecule has 0 N–H and O–H groups in total. The Morgan fingerprint density at radius 2 is 1.66 bits per heavy atom. The molecule has 1 aromatic heterocycles. The molecule has 0 radical (unpaired) electrons. The molecule has 1 atom stereocenters. The minimum atomic E-state index is -0.116. The van der Waals surface area contributed by atoms with E-state index < -0.39 is 0 Å². The van der Waals surface area contributed by atoms with Gasteiger partial charge in [0.15, 0.2) is 0 Å². The number of anilines is 1. The Bertz CT molecular complexity index is 1580. The molecule has 0 spiro atoms. The number of hydrogen-bond acceptors (Lipinski definition) is 3. The van der Waals surface area contributed by atoms with E-state index in [0.29, 0.717) is 13.0 Å². The van der Waals surface area contributed by atoms with Crippen LogP contribution >= 0.6 is 0 Å². The Morgan fingerprint density at radius 1 is 0.947 bits per heavy atom. The number of para-hydroxylation sites is 3. The third-order valence-electron chi connectivity index (χ3n) is 7.32. The van der Waals surface area contributed by atoms with E-state index in [2.05, 4.69) is 92.1 Å². The van der Waals surface area contributed by atoms with Gasteiger partial charge in [-0.05, 0) is 59.9 Å². The van der Waals surface area contributed by atoms with Gasteiger partial charge in [-0.15, -0.1) is 0 Å². The van der Waals surface area contributed by atoms with Gasteiger partial charge in [0, 0.05) is 13.5 Å². The summed E-state index contributed by atoms with van der Waals surface area (Å²) < 4.78 is 7.60. The Balaban J connectivity index is 1.58. The quantitative estimate of drug-likeness (QED) is 0.223. The Hall–Kier alpha value is -3.96. The lowest BCUT2D eigenvalue weighted by Crippen LogP contribution is -2.44. The number of imidazole rings is 1. The summed E-state index contributed by atoms with van der Waals surface area (Å²) in [6.07, 6.45) is 1.49. The summed E-state index contributed by atoms with van der Waals surface area (Å²) in [5, 5.41) is 2.41. The fourth-order valence-corrected chi connectivity index (χ4v) is 5.52. The normalized spacial score (nSPS) is 12.2. The van der Waals surface area contributed by atoms with Crippen LogP contribution in [0, 0.1) is 6.92 Å². The second-order valence-electron chi connectivity index (χ2n) is 9.92. The number of rotatable bonds is 9. The molecule has 0 saturated carbocycles. The van der Waals surface area contributed by atoms with Crippen LogP contribution in [0.25, 0.3) is 21.8 Å². The van der Waals surface area contributed by atoms with Crippen molar-refractivity contribution in [3.63, 3.8) is 0 Å². The van der Waals surface area contributed by atoms with Crippen LogP contribution in [-0.2, 0) is 28.9 Å². The minimum Gasteiger partial charge on any atom is -0.383 e. The first-order chi connectivity index (χ1) is 18.5. The molecule has 1 unspecified atom stereocenters. The molecule has 1 amide bonds. The van der Waals surface area contributed by atoms with Crippen molar-refractivity contribution in [2.45, 2.75) is 46.2 Å². The number of carbonyl (C=O) groups is 1. The number of ether oxygens (including phenoxy) is 1. The van der Waals surface area contributed by atoms with Crippen LogP contribution in [0.4, 0.5) is 5.69 Å². The molecule has 0 fully saturated rings. The topological polar surface area (TPSA) is 47.4 Å². The predicted octanol–water partition coefficient (Wildman–Crippen LogP) is 6.72. The van der Waals surface area contributed by atoms with Gasteiger partial charge in [0.25, 0.3) is 0 Å². The first kappa shape index (κ1) is 25.7. The van der Waals surface area contributed by atoms with E-state index in [1.807, 2.05) is 23.1 Å². The summed E-state index contributed by atoms with van der Waals surface area (Å²) in [4.78, 5) is 21.2. The fraction of sp³-hybridized carbons (Fsp3) is 0.273. The highest BCUT2D eigenvalue weighted by atomic mass is 16.5. The molecule has 38 heavy (non-hydrogen) atoms. The van der Waals surface area contributed by atoms with Crippen LogP contribution < -0.4 is 4.90 Å². The molecule has 4 aromatic carbocycles. The van der Waals surface area contributed by atoms with E-state index in [0.717, 1.165) is 40.1 Å². The fourth-order valence-electron chi connectivity index (χ4n) is 5.52. The number of nitrogens with zero attached hydrogens (tertiary/aromatic N) is 3. The zero-order valence-electron chi connectivity index (χ0n) is 22.6. The van der Waals surface area contributed by atoms with Crippen molar-refractivity contribution in [1.29, 1.82) is 0 Å². The third-order valence-corrected chi connectivity index (χ3v) is 7.32. The van der Waals surface area contributed by atoms with Gasteiger partial charge in [0.1, 0.15) is 12.4 Å². The summed E-state index contributed by atoms with van der Waals surface area (Å²) in [5.41, 5.74) is 6.31. The van der Waals surface area contributed by atoms with Crippen molar-refractivity contribution in [2.75, 3.05) is 18.6 Å². The minimum absolute atomic E-state index is 0.0286. The molecule has 5 rings (SSSR count). The molecular formula is C33H35N3O2. The SMILES string of the molecule is CCc1cccc(C)c1N(C(=O)Cn1c(Cc2cccc3ccccc23)nc2ccccc21)C(C)COC. The molecule has 0 aliphatic heterocycles. The molecule has 0 aliphatic rings. The van der Waals surface area contributed by atoms with Gasteiger partial charge in [0.05, 0.1) is 29.4 Å². The number of aromatic nitrogens is 2. The second-order valence-corrected chi connectivity index (χ2v) is 9.92. The number of fused-ring (bicyclic) bond motifs is 2. The van der Waals surface area contributed by atoms with Crippen LogP contribution in [0.5, 0.6) is 0 Å². The van der Waals surface area contributed by atoms with Gasteiger partial charge in [-0.3, -0.25) is 4.79 Å². The zero-order chi connectivity index (χ0) is 26.6. The number of carbonyl (C=O) groups excluding carboxylic acids is 1. The average Bonchev–Trinajstić information content (AvgIpc) is 3.26. The summed E-state index contributed by atoms with van der Waals surface area (Å²) in [6.45, 7) is 6.92. The maximum Gasteiger partial charge on any atom is 0.247 e. The van der Waals surface area contributed by atoms with Crippen LogP contribution in [0.1, 0.15) is 36.4 Å².